The molecule has 7 nitrogen and oxygen atoms in total. The number of methoxy groups -OCH3 is 1. The Morgan fingerprint density at radius 1 is 1.28 bits per heavy atom. The number of hydrogen-bond donors (Lipinski definition) is 0. The zero-order chi connectivity index (χ0) is 18.0. The van der Waals surface area contributed by atoms with Gasteiger partial charge in [-0.25, -0.2) is 9.78 Å². The third-order valence-corrected chi connectivity index (χ3v) is 3.27. The molecular weight excluding hydrogens is 341 g/mol. The number of hydrogen-bond acceptors (Lipinski definition) is 6. The highest BCUT2D eigenvalue weighted by Gasteiger charge is 2.38. The Morgan fingerprint density at radius 2 is 2.00 bits per heavy atom. The number of alkyl halides is 3. The molecule has 0 aliphatic heterocycles. The molecule has 2 heterocycles. The van der Waals surface area contributed by atoms with Gasteiger partial charge in [0.05, 0.1) is 13.4 Å². The van der Waals surface area contributed by atoms with E-state index >= 15 is 0 Å². The first-order valence-electron chi connectivity index (χ1n) is 6.97. The molecule has 1 aromatic carbocycles. The van der Waals surface area contributed by atoms with Gasteiger partial charge >= 0.3 is 18.0 Å². The number of rotatable bonds is 4. The lowest BCUT2D eigenvalue weighted by molar-refractivity contribution is -0.159. The van der Waals surface area contributed by atoms with E-state index in [2.05, 4.69) is 24.4 Å². The zero-order valence-corrected chi connectivity index (χ0v) is 12.8. The van der Waals surface area contributed by atoms with Crippen LogP contribution in [0.2, 0.25) is 0 Å². The minimum absolute atomic E-state index is 0.144. The molecule has 0 saturated carbocycles. The molecule has 3 aromatic rings. The summed E-state index contributed by atoms with van der Waals surface area (Å²) in [5.41, 5.74) is 1.42. The Kier molecular flexibility index (Phi) is 4.26. The molecule has 0 bridgehead atoms. The molecule has 2 aromatic heterocycles. The van der Waals surface area contributed by atoms with Gasteiger partial charge in [-0.05, 0) is 5.56 Å². The van der Waals surface area contributed by atoms with Crippen LogP contribution in [0.1, 0.15) is 21.9 Å². The number of halogens is 3. The van der Waals surface area contributed by atoms with E-state index < -0.39 is 18.0 Å². The molecule has 0 radical (unpaired) electrons. The van der Waals surface area contributed by atoms with E-state index in [0.717, 1.165) is 5.56 Å². The van der Waals surface area contributed by atoms with Gasteiger partial charge in [0.1, 0.15) is 0 Å². The SMILES string of the molecule is COC(=O)c1cn(Cc2ccc(-c3noc(C(F)(F)F)n3)cc2)cn1. The summed E-state index contributed by atoms with van der Waals surface area (Å²) in [6, 6.07) is 6.57. The maximum atomic E-state index is 12.5. The highest BCUT2D eigenvalue weighted by molar-refractivity contribution is 5.86. The normalized spacial score (nSPS) is 11.5. The molecular formula is C15H11F3N4O3. The predicted octanol–water partition coefficient (Wildman–Crippen LogP) is 2.79. The third-order valence-electron chi connectivity index (χ3n) is 3.27. The van der Waals surface area contributed by atoms with Crippen molar-refractivity contribution in [2.45, 2.75) is 12.7 Å². The lowest BCUT2D eigenvalue weighted by atomic mass is 10.1. The van der Waals surface area contributed by atoms with Crippen molar-refractivity contribution in [3.63, 3.8) is 0 Å². The zero-order valence-electron chi connectivity index (χ0n) is 12.8. The first kappa shape index (κ1) is 16.7. The molecule has 0 saturated heterocycles. The van der Waals surface area contributed by atoms with E-state index in [1.807, 2.05) is 0 Å². The molecule has 0 aliphatic rings. The summed E-state index contributed by atoms with van der Waals surface area (Å²) in [4.78, 5) is 18.6. The van der Waals surface area contributed by atoms with Crippen LogP contribution in [0, 0.1) is 0 Å². The van der Waals surface area contributed by atoms with Crippen LogP contribution in [0.3, 0.4) is 0 Å². The fraction of sp³-hybridized carbons (Fsp3) is 0.200. The highest BCUT2D eigenvalue weighted by Crippen LogP contribution is 2.29. The molecule has 0 atom stereocenters. The van der Waals surface area contributed by atoms with Gasteiger partial charge in [0.2, 0.25) is 5.82 Å². The first-order valence-corrected chi connectivity index (χ1v) is 6.97. The van der Waals surface area contributed by atoms with Gasteiger partial charge in [0, 0.05) is 18.3 Å². The van der Waals surface area contributed by atoms with Gasteiger partial charge in [0.25, 0.3) is 0 Å². The van der Waals surface area contributed by atoms with Gasteiger partial charge in [-0.2, -0.15) is 18.2 Å². The Hall–Kier alpha value is -3.17. The minimum Gasteiger partial charge on any atom is -0.464 e. The molecule has 0 unspecified atom stereocenters. The van der Waals surface area contributed by atoms with Crippen molar-refractivity contribution in [1.29, 1.82) is 0 Å². The van der Waals surface area contributed by atoms with Crippen molar-refractivity contribution in [3.05, 3.63) is 53.9 Å². The summed E-state index contributed by atoms with van der Waals surface area (Å²) < 4.78 is 47.9. The van der Waals surface area contributed by atoms with Gasteiger partial charge in [-0.15, -0.1) is 0 Å². The summed E-state index contributed by atoms with van der Waals surface area (Å²) >= 11 is 0. The van der Waals surface area contributed by atoms with Crippen molar-refractivity contribution in [3.8, 4) is 11.4 Å². The van der Waals surface area contributed by atoms with Crippen molar-refractivity contribution in [2.75, 3.05) is 7.11 Å². The molecule has 0 spiro atoms. The Morgan fingerprint density at radius 3 is 2.60 bits per heavy atom. The number of nitrogens with zero attached hydrogens (tertiary/aromatic N) is 4. The monoisotopic (exact) mass is 352 g/mol. The Labute approximate surface area is 139 Å². The smallest absolute Gasteiger partial charge is 0.464 e. The van der Waals surface area contributed by atoms with Gasteiger partial charge in [-0.3, -0.25) is 0 Å². The molecule has 3 rings (SSSR count). The molecule has 0 N–H and O–H groups in total. The Bertz CT molecular complexity index is 884. The number of esters is 1. The summed E-state index contributed by atoms with van der Waals surface area (Å²) in [7, 11) is 1.27. The molecule has 25 heavy (non-hydrogen) atoms. The van der Waals surface area contributed by atoms with Gasteiger partial charge < -0.3 is 13.8 Å². The lowest BCUT2D eigenvalue weighted by Gasteiger charge is -2.03. The maximum absolute atomic E-state index is 12.5. The minimum atomic E-state index is -4.68. The number of ether oxygens (including phenoxy) is 1. The Balaban J connectivity index is 1.73. The predicted molar refractivity (Wildman–Crippen MR) is 77.4 cm³/mol. The second-order valence-electron chi connectivity index (χ2n) is 5.04. The van der Waals surface area contributed by atoms with Crippen LogP contribution in [0.5, 0.6) is 0 Å². The number of carbonyl (C=O) groups is 1. The van der Waals surface area contributed by atoms with Crippen molar-refractivity contribution in [2.24, 2.45) is 0 Å². The van der Waals surface area contributed by atoms with Crippen LogP contribution in [0.25, 0.3) is 11.4 Å². The lowest BCUT2D eigenvalue weighted by Crippen LogP contribution is -2.04. The van der Waals surface area contributed by atoms with E-state index in [1.54, 1.807) is 28.8 Å². The van der Waals surface area contributed by atoms with Crippen LogP contribution < -0.4 is 0 Å². The second-order valence-corrected chi connectivity index (χ2v) is 5.04. The van der Waals surface area contributed by atoms with E-state index in [9.17, 15) is 18.0 Å². The molecule has 10 heteroatoms. The number of aromatic nitrogens is 4. The van der Waals surface area contributed by atoms with E-state index in [4.69, 9.17) is 0 Å². The second kappa shape index (κ2) is 6.38. The van der Waals surface area contributed by atoms with Crippen molar-refractivity contribution < 1.29 is 27.2 Å². The van der Waals surface area contributed by atoms with Crippen LogP contribution in [0.15, 0.2) is 41.3 Å². The first-order chi connectivity index (χ1) is 11.9. The van der Waals surface area contributed by atoms with E-state index in [1.165, 1.54) is 19.6 Å². The van der Waals surface area contributed by atoms with Crippen LogP contribution in [-0.2, 0) is 17.5 Å². The summed E-state index contributed by atoms with van der Waals surface area (Å²) in [5.74, 6) is -2.07. The maximum Gasteiger partial charge on any atom is 0.471 e. The number of imidazole rings is 1. The van der Waals surface area contributed by atoms with Crippen LogP contribution in [0.4, 0.5) is 13.2 Å². The summed E-state index contributed by atoms with van der Waals surface area (Å²) in [5, 5.41) is 3.33. The molecule has 0 amide bonds. The molecule has 0 fully saturated rings. The number of benzene rings is 1. The molecule has 130 valence electrons. The molecule has 0 aliphatic carbocycles. The van der Waals surface area contributed by atoms with Crippen molar-refractivity contribution in [1.82, 2.24) is 19.7 Å². The fourth-order valence-corrected chi connectivity index (χ4v) is 2.08. The largest absolute Gasteiger partial charge is 0.471 e. The van der Waals surface area contributed by atoms with Gasteiger partial charge in [-0.1, -0.05) is 29.4 Å². The van der Waals surface area contributed by atoms with Crippen LogP contribution in [-0.4, -0.2) is 32.8 Å². The highest BCUT2D eigenvalue weighted by atomic mass is 19.4. The van der Waals surface area contributed by atoms with Gasteiger partial charge in [0.15, 0.2) is 5.69 Å². The topological polar surface area (TPSA) is 83.0 Å². The standard InChI is InChI=1S/C15H11F3N4O3/c1-24-13(23)11-7-22(8-19-11)6-9-2-4-10(5-3-9)12-20-14(25-21-12)15(16,17)18/h2-5,7-8H,6H2,1H3. The average molecular weight is 352 g/mol. The number of carbonyl (C=O) groups excluding carboxylic acids is 1. The van der Waals surface area contributed by atoms with Crippen molar-refractivity contribution >= 4 is 5.97 Å². The van der Waals surface area contributed by atoms with Crippen LogP contribution >= 0.6 is 0 Å². The average Bonchev–Trinajstić information content (AvgIpc) is 3.24. The quantitative estimate of drug-likeness (QED) is 0.672. The summed E-state index contributed by atoms with van der Waals surface area (Å²) in [6.07, 6.45) is -1.66. The van der Waals surface area contributed by atoms with E-state index in [-0.39, 0.29) is 11.5 Å². The van der Waals surface area contributed by atoms with E-state index in [0.29, 0.717) is 12.1 Å². The fourth-order valence-electron chi connectivity index (χ4n) is 2.08. The third kappa shape index (κ3) is 3.67. The summed E-state index contributed by atoms with van der Waals surface area (Å²) in [6.45, 7) is 0.421.